The lowest BCUT2D eigenvalue weighted by atomic mass is 9.91. The van der Waals surface area contributed by atoms with Gasteiger partial charge in [0.1, 0.15) is 28.3 Å². The third-order valence-corrected chi connectivity index (χ3v) is 7.72. The van der Waals surface area contributed by atoms with Crippen molar-refractivity contribution in [3.8, 4) is 11.5 Å². The molecule has 0 saturated heterocycles. The smallest absolute Gasteiger partial charge is 0.263 e. The summed E-state index contributed by atoms with van der Waals surface area (Å²) in [5, 5.41) is 3.89. The van der Waals surface area contributed by atoms with Gasteiger partial charge < -0.3 is 9.47 Å². The molecule has 2 aromatic heterocycles. The second kappa shape index (κ2) is 6.75. The molecule has 35 heavy (non-hydrogen) atoms. The molecule has 0 saturated carbocycles. The monoisotopic (exact) mass is 464 g/mol. The lowest BCUT2D eigenvalue weighted by Gasteiger charge is -2.33. The van der Waals surface area contributed by atoms with E-state index in [4.69, 9.17) is 14.5 Å². The van der Waals surface area contributed by atoms with Crippen molar-refractivity contribution in [1.82, 2.24) is 9.38 Å². The Hall–Kier alpha value is -3.60. The van der Waals surface area contributed by atoms with Crippen molar-refractivity contribution in [1.29, 1.82) is 0 Å². The summed E-state index contributed by atoms with van der Waals surface area (Å²) in [4.78, 5) is 19.5. The van der Waals surface area contributed by atoms with Crippen LogP contribution in [-0.2, 0) is 12.8 Å². The number of ether oxygens (including phenoxy) is 2. The van der Waals surface area contributed by atoms with Gasteiger partial charge in [-0.05, 0) is 53.4 Å². The Balaban J connectivity index is 1.75. The van der Waals surface area contributed by atoms with E-state index in [1.54, 1.807) is 0 Å². The van der Waals surface area contributed by atoms with E-state index in [1.165, 1.54) is 0 Å². The Bertz CT molecular complexity index is 1770. The van der Waals surface area contributed by atoms with E-state index in [2.05, 4.69) is 45.9 Å². The highest BCUT2D eigenvalue weighted by atomic mass is 16.5. The van der Waals surface area contributed by atoms with Gasteiger partial charge in [0.05, 0.1) is 16.6 Å². The van der Waals surface area contributed by atoms with Crippen molar-refractivity contribution in [3.05, 3.63) is 70.0 Å². The van der Waals surface area contributed by atoms with Crippen molar-refractivity contribution in [2.75, 3.05) is 0 Å². The van der Waals surface area contributed by atoms with E-state index >= 15 is 0 Å². The SMILES string of the molecule is CC1(C)CCc2c(c3ccccc3c3nc4c5c(c6ccccc6c4n3c2=O)OC(C)(C)CC5)O1. The molecule has 2 aliphatic rings. The van der Waals surface area contributed by atoms with E-state index in [0.717, 1.165) is 68.7 Å². The zero-order valence-corrected chi connectivity index (χ0v) is 20.6. The minimum Gasteiger partial charge on any atom is -0.487 e. The second-order valence-corrected chi connectivity index (χ2v) is 11.2. The lowest BCUT2D eigenvalue weighted by molar-refractivity contribution is 0.0863. The van der Waals surface area contributed by atoms with Crippen molar-refractivity contribution in [2.24, 2.45) is 0 Å². The number of nitrogens with zero attached hydrogens (tertiary/aromatic N) is 2. The molecule has 0 bridgehead atoms. The van der Waals surface area contributed by atoms with Gasteiger partial charge in [0, 0.05) is 27.1 Å². The van der Waals surface area contributed by atoms with Crippen LogP contribution in [0.25, 0.3) is 38.2 Å². The highest BCUT2D eigenvalue weighted by Crippen LogP contribution is 2.45. The van der Waals surface area contributed by atoms with Gasteiger partial charge in [0.15, 0.2) is 0 Å². The van der Waals surface area contributed by atoms with Gasteiger partial charge in [-0.1, -0.05) is 48.5 Å². The number of rotatable bonds is 0. The molecule has 0 fully saturated rings. The molecule has 5 heteroatoms. The van der Waals surface area contributed by atoms with Crippen LogP contribution in [0.3, 0.4) is 0 Å². The molecular weight excluding hydrogens is 436 g/mol. The summed E-state index contributed by atoms with van der Waals surface area (Å²) >= 11 is 0. The maximum atomic E-state index is 14.3. The lowest BCUT2D eigenvalue weighted by Crippen LogP contribution is -2.35. The Morgan fingerprint density at radius 2 is 1.26 bits per heavy atom. The van der Waals surface area contributed by atoms with Crippen LogP contribution in [-0.4, -0.2) is 20.6 Å². The van der Waals surface area contributed by atoms with Crippen LogP contribution < -0.4 is 15.0 Å². The number of imidazole rings is 1. The molecule has 176 valence electrons. The van der Waals surface area contributed by atoms with Crippen LogP contribution >= 0.6 is 0 Å². The molecule has 7 rings (SSSR count). The van der Waals surface area contributed by atoms with Gasteiger partial charge in [0.25, 0.3) is 5.56 Å². The fourth-order valence-corrected chi connectivity index (χ4v) is 5.88. The molecule has 0 spiro atoms. The summed E-state index contributed by atoms with van der Waals surface area (Å²) in [7, 11) is 0. The second-order valence-electron chi connectivity index (χ2n) is 11.2. The average molecular weight is 465 g/mol. The molecule has 3 aromatic carbocycles. The standard InChI is InChI=1S/C30H28N2O3/c1-29(2)15-13-21-23-24(17-9-5-6-10-18(17)25(21)34-29)32-27(31-23)20-12-8-7-11-19(20)26-22(28(32)33)14-16-30(3,4)35-26/h5-12H,13-16H2,1-4H3. The molecule has 0 N–H and O–H groups in total. The molecule has 2 aliphatic heterocycles. The van der Waals surface area contributed by atoms with Crippen LogP contribution in [0.1, 0.15) is 51.7 Å². The van der Waals surface area contributed by atoms with Gasteiger partial charge in [-0.25, -0.2) is 4.98 Å². The molecule has 5 aromatic rings. The van der Waals surface area contributed by atoms with Gasteiger partial charge in [-0.2, -0.15) is 0 Å². The van der Waals surface area contributed by atoms with Crippen molar-refractivity contribution < 1.29 is 9.47 Å². The van der Waals surface area contributed by atoms with E-state index in [-0.39, 0.29) is 16.8 Å². The number of hydrogen-bond donors (Lipinski definition) is 0. The Morgan fingerprint density at radius 1 is 0.743 bits per heavy atom. The van der Waals surface area contributed by atoms with Crippen LogP contribution in [0.5, 0.6) is 11.5 Å². The minimum absolute atomic E-state index is 0.0358. The predicted octanol–water partition coefficient (Wildman–Crippen LogP) is 6.36. The molecule has 0 aliphatic carbocycles. The van der Waals surface area contributed by atoms with E-state index in [1.807, 2.05) is 34.7 Å². The van der Waals surface area contributed by atoms with Crippen LogP contribution in [0.15, 0.2) is 53.3 Å². The third kappa shape index (κ3) is 2.87. The number of aryl methyl sites for hydroxylation is 1. The maximum absolute atomic E-state index is 14.3. The number of benzene rings is 3. The molecule has 4 heterocycles. The summed E-state index contributed by atoms with van der Waals surface area (Å²) in [5.41, 5.74) is 3.65. The highest BCUT2D eigenvalue weighted by Gasteiger charge is 2.34. The van der Waals surface area contributed by atoms with Gasteiger partial charge >= 0.3 is 0 Å². The molecule has 5 nitrogen and oxygen atoms in total. The van der Waals surface area contributed by atoms with E-state index < -0.39 is 0 Å². The maximum Gasteiger partial charge on any atom is 0.263 e. The summed E-state index contributed by atoms with van der Waals surface area (Å²) in [5.74, 6) is 1.61. The van der Waals surface area contributed by atoms with E-state index in [0.29, 0.717) is 17.8 Å². The summed E-state index contributed by atoms with van der Waals surface area (Å²) in [6.07, 6.45) is 3.23. The molecule has 0 atom stereocenters. The molecular formula is C30H28N2O3. The topological polar surface area (TPSA) is 52.8 Å². The first-order chi connectivity index (χ1) is 16.7. The van der Waals surface area contributed by atoms with Crippen LogP contribution in [0.4, 0.5) is 0 Å². The number of aromatic nitrogens is 2. The normalized spacial score (nSPS) is 18.3. The molecule has 0 amide bonds. The van der Waals surface area contributed by atoms with E-state index in [9.17, 15) is 4.79 Å². The largest absolute Gasteiger partial charge is 0.487 e. The molecule has 0 radical (unpaired) electrons. The fraction of sp³-hybridized carbons (Fsp3) is 0.333. The van der Waals surface area contributed by atoms with Crippen molar-refractivity contribution >= 4 is 38.2 Å². The predicted molar refractivity (Wildman–Crippen MR) is 140 cm³/mol. The summed E-state index contributed by atoms with van der Waals surface area (Å²) in [6.45, 7) is 8.44. The highest BCUT2D eigenvalue weighted by molar-refractivity contribution is 6.12. The zero-order chi connectivity index (χ0) is 24.1. The first-order valence-electron chi connectivity index (χ1n) is 12.5. The van der Waals surface area contributed by atoms with Crippen LogP contribution in [0.2, 0.25) is 0 Å². The van der Waals surface area contributed by atoms with Crippen molar-refractivity contribution in [2.45, 2.75) is 64.6 Å². The quantitative estimate of drug-likeness (QED) is 0.268. The Labute approximate surface area is 203 Å². The number of fused-ring (bicyclic) bond motifs is 12. The average Bonchev–Trinajstić information content (AvgIpc) is 3.19. The van der Waals surface area contributed by atoms with Gasteiger partial charge in [-0.3, -0.25) is 9.20 Å². The minimum atomic E-state index is -0.323. The molecule has 0 unspecified atom stereocenters. The first kappa shape index (κ1) is 20.7. The third-order valence-electron chi connectivity index (χ3n) is 7.72. The summed E-state index contributed by atoms with van der Waals surface area (Å²) in [6, 6.07) is 16.3. The fourth-order valence-electron chi connectivity index (χ4n) is 5.88. The van der Waals surface area contributed by atoms with Crippen molar-refractivity contribution in [3.63, 3.8) is 0 Å². The van der Waals surface area contributed by atoms with Gasteiger partial charge in [-0.15, -0.1) is 0 Å². The summed E-state index contributed by atoms with van der Waals surface area (Å²) < 4.78 is 14.9. The Kier molecular flexibility index (Phi) is 4.00. The zero-order valence-electron chi connectivity index (χ0n) is 20.6. The Morgan fingerprint density at radius 3 is 1.91 bits per heavy atom. The van der Waals surface area contributed by atoms with Gasteiger partial charge in [0.2, 0.25) is 0 Å². The first-order valence-corrected chi connectivity index (χ1v) is 12.5. The van der Waals surface area contributed by atoms with Crippen LogP contribution in [0, 0.1) is 0 Å². The number of hydrogen-bond acceptors (Lipinski definition) is 4.